The third-order valence-electron chi connectivity index (χ3n) is 6.32. The summed E-state index contributed by atoms with van der Waals surface area (Å²) >= 11 is 0. The number of carbonyl (C=O) groups excluding carboxylic acids is 3. The molecule has 0 spiro atoms. The first-order chi connectivity index (χ1) is 14.8. The normalized spacial score (nSPS) is 18.8. The first kappa shape index (κ1) is 23.3. The maximum Gasteiger partial charge on any atom is 0.251 e. The predicted octanol–water partition coefficient (Wildman–Crippen LogP) is 1.95. The summed E-state index contributed by atoms with van der Waals surface area (Å²) in [7, 11) is 0. The highest BCUT2D eigenvalue weighted by molar-refractivity contribution is 5.95. The molecule has 1 aromatic rings. The highest BCUT2D eigenvalue weighted by Crippen LogP contribution is 2.19. The van der Waals surface area contributed by atoms with Crippen LogP contribution in [0.25, 0.3) is 0 Å². The minimum absolute atomic E-state index is 0.0350. The number of nitrogens with zero attached hydrogens (tertiary/aromatic N) is 2. The Hall–Kier alpha value is -2.41. The number of nitrogens with one attached hydrogen (secondary N) is 2. The van der Waals surface area contributed by atoms with E-state index in [-0.39, 0.29) is 35.7 Å². The second-order valence-electron chi connectivity index (χ2n) is 9.16. The minimum atomic E-state index is -0.0350. The van der Waals surface area contributed by atoms with E-state index in [0.717, 1.165) is 44.3 Å². The Labute approximate surface area is 185 Å². The van der Waals surface area contributed by atoms with E-state index in [2.05, 4.69) is 15.5 Å². The van der Waals surface area contributed by atoms with Gasteiger partial charge in [-0.1, -0.05) is 18.2 Å². The molecule has 1 aromatic carbocycles. The molecule has 0 radical (unpaired) electrons. The van der Waals surface area contributed by atoms with E-state index in [1.54, 1.807) is 0 Å². The molecule has 2 fully saturated rings. The number of rotatable bonds is 6. The molecule has 2 aliphatic heterocycles. The molecule has 2 saturated heterocycles. The van der Waals surface area contributed by atoms with Crippen LogP contribution < -0.4 is 10.6 Å². The van der Waals surface area contributed by atoms with E-state index in [9.17, 15) is 14.4 Å². The lowest BCUT2D eigenvalue weighted by Crippen LogP contribution is -2.50. The highest BCUT2D eigenvalue weighted by Gasteiger charge is 2.29. The first-order valence-corrected chi connectivity index (χ1v) is 11.5. The van der Waals surface area contributed by atoms with E-state index >= 15 is 0 Å². The van der Waals surface area contributed by atoms with Gasteiger partial charge in [0.25, 0.3) is 5.91 Å². The molecular weight excluding hydrogens is 392 g/mol. The molecule has 0 aliphatic carbocycles. The fourth-order valence-electron chi connectivity index (χ4n) is 4.41. The molecule has 3 amide bonds. The van der Waals surface area contributed by atoms with Crippen molar-refractivity contribution < 1.29 is 14.4 Å². The molecule has 0 saturated carbocycles. The van der Waals surface area contributed by atoms with E-state index in [4.69, 9.17) is 0 Å². The third-order valence-corrected chi connectivity index (χ3v) is 6.32. The van der Waals surface area contributed by atoms with Crippen molar-refractivity contribution in [3.8, 4) is 0 Å². The van der Waals surface area contributed by atoms with Gasteiger partial charge in [-0.3, -0.25) is 19.3 Å². The van der Waals surface area contributed by atoms with Gasteiger partial charge in [0, 0.05) is 36.7 Å². The lowest BCUT2D eigenvalue weighted by molar-refractivity contribution is -0.134. The molecule has 170 valence electrons. The smallest absolute Gasteiger partial charge is 0.251 e. The second-order valence-corrected chi connectivity index (χ2v) is 9.16. The standard InChI is InChI=1S/C24H36N4O3/c1-17(2)25-23(30)19-8-12-27(13-9-19)16-22(29)28-14-10-20(11-15-28)26-24(31)21-7-5-4-6-18(21)3/h4-7,17,19-20H,8-16H2,1-3H3,(H,25,30)(H,26,31). The Balaban J connectivity index is 1.38. The van der Waals surface area contributed by atoms with Crippen LogP contribution >= 0.6 is 0 Å². The van der Waals surface area contributed by atoms with Gasteiger partial charge in [-0.15, -0.1) is 0 Å². The number of aryl methyl sites for hydroxylation is 1. The summed E-state index contributed by atoms with van der Waals surface area (Å²) < 4.78 is 0. The van der Waals surface area contributed by atoms with Crippen LogP contribution in [0.5, 0.6) is 0 Å². The van der Waals surface area contributed by atoms with Crippen molar-refractivity contribution in [2.45, 2.75) is 58.5 Å². The van der Waals surface area contributed by atoms with E-state index in [0.29, 0.717) is 25.2 Å². The van der Waals surface area contributed by atoms with Crippen molar-refractivity contribution >= 4 is 17.7 Å². The van der Waals surface area contributed by atoms with Crippen LogP contribution in [-0.4, -0.2) is 72.3 Å². The number of carbonyl (C=O) groups is 3. The molecule has 0 unspecified atom stereocenters. The van der Waals surface area contributed by atoms with Crippen molar-refractivity contribution in [3.05, 3.63) is 35.4 Å². The number of hydrogen-bond donors (Lipinski definition) is 2. The number of hydrogen-bond acceptors (Lipinski definition) is 4. The van der Waals surface area contributed by atoms with Crippen molar-refractivity contribution in [1.82, 2.24) is 20.4 Å². The van der Waals surface area contributed by atoms with Gasteiger partial charge >= 0.3 is 0 Å². The van der Waals surface area contributed by atoms with Crippen LogP contribution in [0.3, 0.4) is 0 Å². The molecule has 3 rings (SSSR count). The van der Waals surface area contributed by atoms with Gasteiger partial charge < -0.3 is 15.5 Å². The average Bonchev–Trinajstić information content (AvgIpc) is 2.74. The molecule has 7 nitrogen and oxygen atoms in total. The molecule has 2 N–H and O–H groups in total. The zero-order valence-corrected chi connectivity index (χ0v) is 19.0. The maximum atomic E-state index is 12.7. The van der Waals surface area contributed by atoms with Gasteiger partial charge in [-0.05, 0) is 71.2 Å². The summed E-state index contributed by atoms with van der Waals surface area (Å²) in [6.07, 6.45) is 3.17. The number of piperidine rings is 2. The van der Waals surface area contributed by atoms with Crippen LogP contribution in [0.15, 0.2) is 24.3 Å². The zero-order valence-electron chi connectivity index (χ0n) is 19.0. The second kappa shape index (κ2) is 10.8. The summed E-state index contributed by atoms with van der Waals surface area (Å²) in [5.41, 5.74) is 1.68. The summed E-state index contributed by atoms with van der Waals surface area (Å²) in [5.74, 6) is 0.304. The molecular formula is C24H36N4O3. The highest BCUT2D eigenvalue weighted by atomic mass is 16.2. The number of benzene rings is 1. The lowest BCUT2D eigenvalue weighted by Gasteiger charge is -2.35. The fourth-order valence-corrected chi connectivity index (χ4v) is 4.41. The topological polar surface area (TPSA) is 81.8 Å². The SMILES string of the molecule is Cc1ccccc1C(=O)NC1CCN(C(=O)CN2CCC(C(=O)NC(C)C)CC2)CC1. The number of likely N-dealkylation sites (tertiary alicyclic amines) is 2. The van der Waals surface area contributed by atoms with Crippen molar-refractivity contribution in [2.24, 2.45) is 5.92 Å². The van der Waals surface area contributed by atoms with Gasteiger partial charge in [-0.25, -0.2) is 0 Å². The fraction of sp³-hybridized carbons (Fsp3) is 0.625. The monoisotopic (exact) mass is 428 g/mol. The van der Waals surface area contributed by atoms with Crippen LogP contribution in [0, 0.1) is 12.8 Å². The van der Waals surface area contributed by atoms with Gasteiger partial charge in [0.1, 0.15) is 0 Å². The third kappa shape index (κ3) is 6.53. The largest absolute Gasteiger partial charge is 0.354 e. The van der Waals surface area contributed by atoms with Crippen molar-refractivity contribution in [1.29, 1.82) is 0 Å². The van der Waals surface area contributed by atoms with E-state index in [1.165, 1.54) is 0 Å². The summed E-state index contributed by atoms with van der Waals surface area (Å²) in [5, 5.41) is 6.11. The van der Waals surface area contributed by atoms with Crippen LogP contribution in [0.4, 0.5) is 0 Å². The molecule has 2 heterocycles. The Kier molecular flexibility index (Phi) is 8.07. The van der Waals surface area contributed by atoms with E-state index < -0.39 is 0 Å². The quantitative estimate of drug-likeness (QED) is 0.726. The molecule has 7 heteroatoms. The molecule has 2 aliphatic rings. The van der Waals surface area contributed by atoms with Crippen LogP contribution in [0.1, 0.15) is 55.5 Å². The predicted molar refractivity (Wildman–Crippen MR) is 121 cm³/mol. The molecule has 0 aromatic heterocycles. The maximum absolute atomic E-state index is 12.7. The molecule has 31 heavy (non-hydrogen) atoms. The zero-order chi connectivity index (χ0) is 22.4. The Morgan fingerprint density at radius 1 is 1.00 bits per heavy atom. The van der Waals surface area contributed by atoms with Crippen molar-refractivity contribution in [3.63, 3.8) is 0 Å². The van der Waals surface area contributed by atoms with Gasteiger partial charge in [-0.2, -0.15) is 0 Å². The summed E-state index contributed by atoms with van der Waals surface area (Å²) in [4.78, 5) is 41.5. The lowest BCUT2D eigenvalue weighted by atomic mass is 9.95. The summed E-state index contributed by atoms with van der Waals surface area (Å²) in [6, 6.07) is 7.86. The first-order valence-electron chi connectivity index (χ1n) is 11.5. The minimum Gasteiger partial charge on any atom is -0.354 e. The van der Waals surface area contributed by atoms with Crippen LogP contribution in [-0.2, 0) is 9.59 Å². The van der Waals surface area contributed by atoms with Gasteiger partial charge in [0.15, 0.2) is 0 Å². The molecule has 0 bridgehead atoms. The summed E-state index contributed by atoms with van der Waals surface area (Å²) in [6.45, 7) is 9.21. The Morgan fingerprint density at radius 3 is 2.26 bits per heavy atom. The average molecular weight is 429 g/mol. The Morgan fingerprint density at radius 2 is 1.65 bits per heavy atom. The number of amides is 3. The van der Waals surface area contributed by atoms with Crippen LogP contribution in [0.2, 0.25) is 0 Å². The van der Waals surface area contributed by atoms with Gasteiger partial charge in [0.05, 0.1) is 6.54 Å². The van der Waals surface area contributed by atoms with Gasteiger partial charge in [0.2, 0.25) is 11.8 Å². The van der Waals surface area contributed by atoms with E-state index in [1.807, 2.05) is 49.9 Å². The van der Waals surface area contributed by atoms with Crippen molar-refractivity contribution in [2.75, 3.05) is 32.7 Å². The Bertz CT molecular complexity index is 779. The molecule has 0 atom stereocenters.